The summed E-state index contributed by atoms with van der Waals surface area (Å²) in [5, 5.41) is -0.358. The van der Waals surface area contributed by atoms with E-state index in [-0.39, 0.29) is 5.25 Å². The van der Waals surface area contributed by atoms with Crippen molar-refractivity contribution >= 4 is 32.4 Å². The molecule has 0 saturated heterocycles. The summed E-state index contributed by atoms with van der Waals surface area (Å²) in [5.41, 5.74) is 0. The normalized spacial score (nSPS) is 12.0. The fourth-order valence-corrected chi connectivity index (χ4v) is 3.35. The number of sulfone groups is 1. The molecule has 1 aromatic rings. The molecule has 2 nitrogen and oxygen atoms in total. The van der Waals surface area contributed by atoms with E-state index in [0.717, 1.165) is 3.57 Å². The van der Waals surface area contributed by atoms with Crippen LogP contribution in [0.5, 0.6) is 0 Å². The van der Waals surface area contributed by atoms with Gasteiger partial charge in [-0.3, -0.25) is 0 Å². The van der Waals surface area contributed by atoms with Gasteiger partial charge in [0.2, 0.25) is 0 Å². The van der Waals surface area contributed by atoms with E-state index >= 15 is 0 Å². The summed E-state index contributed by atoms with van der Waals surface area (Å²) in [4.78, 5) is 0.436. The minimum Gasteiger partial charge on any atom is -0.223 e. The van der Waals surface area contributed by atoms with Gasteiger partial charge in [-0.25, -0.2) is 8.42 Å². The highest BCUT2D eigenvalue weighted by Gasteiger charge is 2.20. The molecule has 1 rings (SSSR count). The summed E-state index contributed by atoms with van der Waals surface area (Å²) in [5.74, 6) is 0. The van der Waals surface area contributed by atoms with Gasteiger partial charge in [0.05, 0.1) is 10.1 Å². The largest absolute Gasteiger partial charge is 0.223 e. The van der Waals surface area contributed by atoms with Crippen LogP contribution in [0.15, 0.2) is 29.2 Å². The Morgan fingerprint density at radius 3 is 2.23 bits per heavy atom. The van der Waals surface area contributed by atoms with Crippen molar-refractivity contribution in [3.8, 4) is 0 Å². The van der Waals surface area contributed by atoms with Crippen LogP contribution in [0.3, 0.4) is 0 Å². The maximum Gasteiger partial charge on any atom is 0.181 e. The molecule has 0 atom stereocenters. The number of rotatable bonds is 2. The van der Waals surface area contributed by atoms with E-state index in [2.05, 4.69) is 0 Å². The molecule has 0 amide bonds. The topological polar surface area (TPSA) is 34.1 Å². The summed E-state index contributed by atoms with van der Waals surface area (Å²) in [6.07, 6.45) is 0. The third-order valence-electron chi connectivity index (χ3n) is 1.76. The lowest BCUT2D eigenvalue weighted by Crippen LogP contribution is -2.15. The van der Waals surface area contributed by atoms with Crippen LogP contribution in [0, 0.1) is 3.57 Å². The first-order valence-corrected chi connectivity index (χ1v) is 6.57. The second kappa shape index (κ2) is 3.96. The second-order valence-electron chi connectivity index (χ2n) is 3.02. The zero-order valence-electron chi connectivity index (χ0n) is 7.49. The zero-order valence-corrected chi connectivity index (χ0v) is 10.5. The standard InChI is InChI=1S/C9H11IO2S/c1-7(2)13(11,12)9-6-4-3-5-8(9)10/h3-7H,1-2H3. The van der Waals surface area contributed by atoms with Crippen LogP contribution >= 0.6 is 22.6 Å². The zero-order chi connectivity index (χ0) is 10.1. The molecular formula is C9H11IO2S. The second-order valence-corrected chi connectivity index (χ2v) is 6.66. The fraction of sp³-hybridized carbons (Fsp3) is 0.333. The summed E-state index contributed by atoms with van der Waals surface area (Å²) >= 11 is 2.04. The van der Waals surface area contributed by atoms with Crippen LogP contribution in [-0.2, 0) is 9.84 Å². The van der Waals surface area contributed by atoms with Gasteiger partial charge in [0.1, 0.15) is 0 Å². The average Bonchev–Trinajstić information content (AvgIpc) is 2.04. The number of benzene rings is 1. The van der Waals surface area contributed by atoms with Gasteiger partial charge in [0.15, 0.2) is 9.84 Å². The van der Waals surface area contributed by atoms with Gasteiger partial charge in [-0.15, -0.1) is 0 Å². The molecule has 0 unspecified atom stereocenters. The van der Waals surface area contributed by atoms with Crippen molar-refractivity contribution in [2.45, 2.75) is 24.0 Å². The summed E-state index contributed by atoms with van der Waals surface area (Å²) in [6.45, 7) is 3.39. The molecule has 0 aliphatic rings. The quantitative estimate of drug-likeness (QED) is 0.787. The SMILES string of the molecule is CC(C)S(=O)(=O)c1ccccc1I. The van der Waals surface area contributed by atoms with E-state index in [1.54, 1.807) is 32.0 Å². The van der Waals surface area contributed by atoms with Crippen molar-refractivity contribution in [2.24, 2.45) is 0 Å². The van der Waals surface area contributed by atoms with Crippen LogP contribution in [0.4, 0.5) is 0 Å². The average molecular weight is 310 g/mol. The van der Waals surface area contributed by atoms with Crippen LogP contribution in [0.2, 0.25) is 0 Å². The van der Waals surface area contributed by atoms with Crippen molar-refractivity contribution < 1.29 is 8.42 Å². The lowest BCUT2D eigenvalue weighted by molar-refractivity contribution is 0.587. The highest BCUT2D eigenvalue weighted by molar-refractivity contribution is 14.1. The molecule has 0 aliphatic heterocycles. The first-order chi connectivity index (χ1) is 5.96. The van der Waals surface area contributed by atoms with Crippen LogP contribution < -0.4 is 0 Å². The lowest BCUT2D eigenvalue weighted by atomic mass is 10.4. The monoisotopic (exact) mass is 310 g/mol. The Labute approximate surface area is 92.4 Å². The van der Waals surface area contributed by atoms with Gasteiger partial charge in [-0.1, -0.05) is 12.1 Å². The van der Waals surface area contributed by atoms with E-state index in [1.165, 1.54) is 0 Å². The first kappa shape index (κ1) is 11.0. The Morgan fingerprint density at radius 1 is 1.23 bits per heavy atom. The molecule has 0 saturated carbocycles. The van der Waals surface area contributed by atoms with Gasteiger partial charge in [0, 0.05) is 3.57 Å². The van der Waals surface area contributed by atoms with Crippen molar-refractivity contribution in [3.05, 3.63) is 27.8 Å². The fourth-order valence-electron chi connectivity index (χ4n) is 0.929. The number of hydrogen-bond donors (Lipinski definition) is 0. The van der Waals surface area contributed by atoms with Crippen molar-refractivity contribution in [2.75, 3.05) is 0 Å². The van der Waals surface area contributed by atoms with Crippen LogP contribution in [0.1, 0.15) is 13.8 Å². The maximum atomic E-state index is 11.7. The van der Waals surface area contributed by atoms with Crippen molar-refractivity contribution in [1.82, 2.24) is 0 Å². The molecule has 1 aromatic carbocycles. The highest BCUT2D eigenvalue weighted by atomic mass is 127. The minimum absolute atomic E-state index is 0.358. The van der Waals surface area contributed by atoms with Gasteiger partial charge in [0.25, 0.3) is 0 Å². The van der Waals surface area contributed by atoms with E-state index in [9.17, 15) is 8.42 Å². The highest BCUT2D eigenvalue weighted by Crippen LogP contribution is 2.21. The van der Waals surface area contributed by atoms with Gasteiger partial charge < -0.3 is 0 Å². The predicted molar refractivity (Wildman–Crippen MR) is 61.5 cm³/mol. The Bertz CT molecular complexity index is 396. The Morgan fingerprint density at radius 2 is 1.77 bits per heavy atom. The van der Waals surface area contributed by atoms with E-state index in [1.807, 2.05) is 28.7 Å². The summed E-state index contributed by atoms with van der Waals surface area (Å²) in [7, 11) is -3.12. The van der Waals surface area contributed by atoms with Gasteiger partial charge in [-0.2, -0.15) is 0 Å². The third-order valence-corrected chi connectivity index (χ3v) is 5.28. The Hall–Kier alpha value is -0.100. The molecule has 4 heteroatoms. The predicted octanol–water partition coefficient (Wildman–Crippen LogP) is 2.47. The van der Waals surface area contributed by atoms with E-state index < -0.39 is 9.84 Å². The van der Waals surface area contributed by atoms with Crippen LogP contribution in [-0.4, -0.2) is 13.7 Å². The summed E-state index contributed by atoms with van der Waals surface area (Å²) < 4.78 is 24.3. The third kappa shape index (κ3) is 2.22. The molecule has 0 radical (unpaired) electrons. The lowest BCUT2D eigenvalue weighted by Gasteiger charge is -2.08. The molecule has 0 N–H and O–H groups in total. The molecule has 0 fully saturated rings. The van der Waals surface area contributed by atoms with Gasteiger partial charge >= 0.3 is 0 Å². The summed E-state index contributed by atoms with van der Waals surface area (Å²) in [6, 6.07) is 7.03. The van der Waals surface area contributed by atoms with E-state index in [0.29, 0.717) is 4.90 Å². The molecule has 13 heavy (non-hydrogen) atoms. The Balaban J connectivity index is 3.32. The molecule has 0 aromatic heterocycles. The first-order valence-electron chi connectivity index (χ1n) is 3.94. The van der Waals surface area contributed by atoms with Crippen molar-refractivity contribution in [1.29, 1.82) is 0 Å². The Kier molecular flexibility index (Phi) is 3.34. The van der Waals surface area contributed by atoms with Crippen LogP contribution in [0.25, 0.3) is 0 Å². The molecule has 72 valence electrons. The molecule has 0 spiro atoms. The molecule has 0 aliphatic carbocycles. The molecule has 0 heterocycles. The van der Waals surface area contributed by atoms with Crippen molar-refractivity contribution in [3.63, 3.8) is 0 Å². The number of hydrogen-bond acceptors (Lipinski definition) is 2. The molecular weight excluding hydrogens is 299 g/mol. The molecule has 0 bridgehead atoms. The maximum absolute atomic E-state index is 11.7. The van der Waals surface area contributed by atoms with Gasteiger partial charge in [-0.05, 0) is 48.6 Å². The minimum atomic E-state index is -3.12. The van der Waals surface area contributed by atoms with E-state index in [4.69, 9.17) is 0 Å². The smallest absolute Gasteiger partial charge is 0.181 e. The number of halogens is 1.